The third-order valence-electron chi connectivity index (χ3n) is 7.48. The lowest BCUT2D eigenvalue weighted by molar-refractivity contribution is 0.0748. The Balaban J connectivity index is 1.58. The third-order valence-corrected chi connectivity index (χ3v) is 7.48. The molecule has 3 aromatic carbocycles. The van der Waals surface area contributed by atoms with Gasteiger partial charge in [0.1, 0.15) is 55.4 Å². The van der Waals surface area contributed by atoms with Gasteiger partial charge < -0.3 is 29.5 Å². The number of aromatic nitrogens is 3. The number of hydrogen-bond donors (Lipinski definition) is 3. The predicted octanol–water partition coefficient (Wildman–Crippen LogP) is 2.34. The van der Waals surface area contributed by atoms with Gasteiger partial charge in [-0.1, -0.05) is 18.2 Å². The van der Waals surface area contributed by atoms with Gasteiger partial charge in [-0.2, -0.15) is 0 Å². The Morgan fingerprint density at radius 3 is 0.854 bits per heavy atom. The number of aliphatic hydroxyl groups is 3. The second kappa shape index (κ2) is 16.0. The van der Waals surface area contributed by atoms with Crippen molar-refractivity contribution in [3.63, 3.8) is 0 Å². The second-order valence-electron chi connectivity index (χ2n) is 12.5. The number of rotatable bonds is 15. The quantitative estimate of drug-likeness (QED) is 0.174. The van der Waals surface area contributed by atoms with Crippen LogP contribution >= 0.6 is 0 Å². The summed E-state index contributed by atoms with van der Waals surface area (Å²) in [5.41, 5.74) is 2.69. The molecule has 1 aromatic heterocycles. The van der Waals surface area contributed by atoms with Crippen LogP contribution < -0.4 is 31.3 Å². The number of nitrogens with zero attached hydrogens (tertiary/aromatic N) is 3. The number of hydrogen-bond acceptors (Lipinski definition) is 9. The molecule has 0 saturated carbocycles. The lowest BCUT2D eigenvalue weighted by Crippen LogP contribution is -2.57. The summed E-state index contributed by atoms with van der Waals surface area (Å²) in [5, 5.41) is 32.5. The van der Waals surface area contributed by atoms with E-state index in [4.69, 9.17) is 14.2 Å². The Hall–Kier alpha value is -4.65. The highest BCUT2D eigenvalue weighted by molar-refractivity contribution is 5.34. The molecule has 3 atom stereocenters. The molecular formula is C36H45N3O9. The van der Waals surface area contributed by atoms with Crippen LogP contribution in [0, 0.1) is 41.5 Å². The van der Waals surface area contributed by atoms with Gasteiger partial charge in [0, 0.05) is 0 Å². The molecule has 4 rings (SSSR count). The lowest BCUT2D eigenvalue weighted by Gasteiger charge is -2.20. The summed E-state index contributed by atoms with van der Waals surface area (Å²) in [4.78, 5) is 40.6. The first kappa shape index (κ1) is 36.2. The van der Waals surface area contributed by atoms with Crippen molar-refractivity contribution in [2.24, 2.45) is 0 Å². The predicted molar refractivity (Wildman–Crippen MR) is 181 cm³/mol. The average Bonchev–Trinajstić information content (AvgIpc) is 2.99. The minimum absolute atomic E-state index is 0.243. The Kier molecular flexibility index (Phi) is 12.0. The first-order valence-electron chi connectivity index (χ1n) is 15.8. The molecule has 0 fully saturated rings. The number of benzene rings is 3. The minimum Gasteiger partial charge on any atom is -0.491 e. The minimum atomic E-state index is -1.31. The highest BCUT2D eigenvalue weighted by atomic mass is 16.5. The van der Waals surface area contributed by atoms with Crippen LogP contribution in [0.1, 0.15) is 33.4 Å². The van der Waals surface area contributed by atoms with Crippen molar-refractivity contribution in [1.82, 2.24) is 13.7 Å². The molecule has 12 heteroatoms. The number of ether oxygens (including phenoxy) is 3. The second-order valence-corrected chi connectivity index (χ2v) is 12.5. The zero-order valence-electron chi connectivity index (χ0n) is 28.3. The largest absolute Gasteiger partial charge is 0.491 e. The smallest absolute Gasteiger partial charge is 0.336 e. The van der Waals surface area contributed by atoms with Crippen LogP contribution in [0.25, 0.3) is 0 Å². The topological polar surface area (TPSA) is 154 Å². The van der Waals surface area contributed by atoms with Crippen LogP contribution in [0.5, 0.6) is 17.2 Å². The van der Waals surface area contributed by atoms with Crippen molar-refractivity contribution in [2.75, 3.05) is 19.8 Å². The van der Waals surface area contributed by atoms with Gasteiger partial charge in [-0.25, -0.2) is 28.1 Å². The molecule has 3 unspecified atom stereocenters. The zero-order valence-corrected chi connectivity index (χ0v) is 28.3. The monoisotopic (exact) mass is 663 g/mol. The summed E-state index contributed by atoms with van der Waals surface area (Å²) in [6.07, 6.45) is -3.94. The average molecular weight is 664 g/mol. The summed E-state index contributed by atoms with van der Waals surface area (Å²) in [7, 11) is 0. The van der Waals surface area contributed by atoms with E-state index in [1.54, 1.807) is 36.4 Å². The summed E-state index contributed by atoms with van der Waals surface area (Å²) >= 11 is 0. The van der Waals surface area contributed by atoms with Crippen LogP contribution in [-0.4, -0.2) is 67.2 Å². The van der Waals surface area contributed by atoms with E-state index >= 15 is 0 Å². The summed E-state index contributed by atoms with van der Waals surface area (Å²) in [5.74, 6) is 1.54. The molecule has 0 aliphatic carbocycles. The van der Waals surface area contributed by atoms with E-state index in [9.17, 15) is 29.7 Å². The van der Waals surface area contributed by atoms with Gasteiger partial charge in [-0.3, -0.25) is 0 Å². The third kappa shape index (κ3) is 9.93. The Labute approximate surface area is 279 Å². The molecule has 0 aliphatic heterocycles. The molecule has 0 spiro atoms. The van der Waals surface area contributed by atoms with E-state index in [2.05, 4.69) is 0 Å². The molecule has 4 aromatic rings. The molecule has 12 nitrogen and oxygen atoms in total. The highest BCUT2D eigenvalue weighted by Crippen LogP contribution is 2.18. The molecule has 0 amide bonds. The summed E-state index contributed by atoms with van der Waals surface area (Å²) in [6, 6.07) is 16.7. The van der Waals surface area contributed by atoms with Crippen LogP contribution in [-0.2, 0) is 19.6 Å². The van der Waals surface area contributed by atoms with Crippen LogP contribution in [0.4, 0.5) is 0 Å². The van der Waals surface area contributed by atoms with Crippen LogP contribution in [0.3, 0.4) is 0 Å². The number of aryl methyl sites for hydroxylation is 6. The van der Waals surface area contributed by atoms with Gasteiger partial charge in [0.2, 0.25) is 0 Å². The molecule has 1 heterocycles. The lowest BCUT2D eigenvalue weighted by atomic mass is 10.1. The van der Waals surface area contributed by atoms with Gasteiger partial charge in [0.15, 0.2) is 0 Å². The fraction of sp³-hybridized carbons (Fsp3) is 0.417. The molecule has 0 radical (unpaired) electrons. The van der Waals surface area contributed by atoms with Gasteiger partial charge in [0.25, 0.3) is 0 Å². The Bertz CT molecular complexity index is 1600. The van der Waals surface area contributed by atoms with E-state index in [1.165, 1.54) is 0 Å². The van der Waals surface area contributed by atoms with Crippen LogP contribution in [0.15, 0.2) is 69.0 Å². The van der Waals surface area contributed by atoms with Gasteiger partial charge in [0.05, 0.1) is 19.6 Å². The van der Waals surface area contributed by atoms with Gasteiger partial charge in [-0.15, -0.1) is 0 Å². The van der Waals surface area contributed by atoms with E-state index < -0.39 is 55.0 Å². The van der Waals surface area contributed by atoms with Crippen molar-refractivity contribution < 1.29 is 29.5 Å². The Morgan fingerprint density at radius 1 is 0.438 bits per heavy atom. The molecular weight excluding hydrogens is 618 g/mol. The van der Waals surface area contributed by atoms with E-state index in [0.717, 1.165) is 33.4 Å². The highest BCUT2D eigenvalue weighted by Gasteiger charge is 2.22. The Morgan fingerprint density at radius 2 is 0.646 bits per heavy atom. The fourth-order valence-electron chi connectivity index (χ4n) is 5.57. The van der Waals surface area contributed by atoms with Crippen molar-refractivity contribution in [2.45, 2.75) is 79.5 Å². The first-order chi connectivity index (χ1) is 22.7. The van der Waals surface area contributed by atoms with Gasteiger partial charge >= 0.3 is 17.1 Å². The molecule has 3 N–H and O–H groups in total. The first-order valence-corrected chi connectivity index (χ1v) is 15.8. The number of aliphatic hydroxyl groups excluding tert-OH is 3. The summed E-state index contributed by atoms with van der Waals surface area (Å²) < 4.78 is 19.3. The van der Waals surface area contributed by atoms with Gasteiger partial charge in [-0.05, 0) is 111 Å². The standard InChI is InChI=1S/C36H45N3O9/c1-22-7-23(2)11-31(10-22)46-19-28(40)16-37-34(43)38(17-29(41)20-47-32-12-24(3)8-25(4)13-32)36(45)39(35(37)44)18-30(42)21-48-33-14-26(5)9-27(6)15-33/h7-15,28-30,40-42H,16-21H2,1-6H3. The van der Waals surface area contributed by atoms with Crippen molar-refractivity contribution >= 4 is 0 Å². The van der Waals surface area contributed by atoms with Crippen molar-refractivity contribution in [1.29, 1.82) is 0 Å². The van der Waals surface area contributed by atoms with Crippen LogP contribution in [0.2, 0.25) is 0 Å². The molecule has 258 valence electrons. The maximum atomic E-state index is 13.5. The maximum Gasteiger partial charge on any atom is 0.336 e. The fourth-order valence-corrected chi connectivity index (χ4v) is 5.57. The maximum absolute atomic E-state index is 13.5. The molecule has 0 aliphatic rings. The zero-order chi connectivity index (χ0) is 35.1. The molecule has 0 bridgehead atoms. The van der Waals surface area contributed by atoms with E-state index in [1.807, 2.05) is 59.7 Å². The molecule has 48 heavy (non-hydrogen) atoms. The van der Waals surface area contributed by atoms with Crippen molar-refractivity contribution in [3.8, 4) is 17.2 Å². The summed E-state index contributed by atoms with van der Waals surface area (Å²) in [6.45, 7) is 9.19. The van der Waals surface area contributed by atoms with E-state index in [0.29, 0.717) is 30.9 Å². The van der Waals surface area contributed by atoms with E-state index in [-0.39, 0.29) is 19.8 Å². The SMILES string of the molecule is Cc1cc(C)cc(OCC(O)Cn2c(=O)n(CC(O)COc3cc(C)cc(C)c3)c(=O)n(CC(O)COc3cc(C)cc(C)c3)c2=O)c1. The van der Waals surface area contributed by atoms with Crippen molar-refractivity contribution in [3.05, 3.63) is 119 Å². The normalized spacial score (nSPS) is 13.2. The molecule has 0 saturated heterocycles.